The number of rotatable bonds is 18. The topological polar surface area (TPSA) is 65.0 Å². The van der Waals surface area contributed by atoms with Gasteiger partial charge in [0.25, 0.3) is 0 Å². The van der Waals surface area contributed by atoms with E-state index in [0.29, 0.717) is 5.75 Å². The number of aliphatic hydroxyl groups excluding tert-OH is 1. The number of hydrogen-bond acceptors (Lipinski definition) is 5. The molecular weight excluding hydrogens is 560 g/mol. The van der Waals surface area contributed by atoms with Crippen molar-refractivity contribution in [2.24, 2.45) is 0 Å². The van der Waals surface area contributed by atoms with Crippen LogP contribution in [0.3, 0.4) is 0 Å². The molecule has 0 aliphatic rings. The number of carbonyl (C=O) groups excluding carboxylic acids is 1. The summed E-state index contributed by atoms with van der Waals surface area (Å²) in [5, 5.41) is 8.97. The SMILES string of the molecule is C=C(CO)C(=O)OCCOc1ccc(-c2ccc(-c3ccc(CCc4ccc(OC)cc4)cc3)cc2CCCCCCC)cc1. The van der Waals surface area contributed by atoms with Gasteiger partial charge in [-0.3, -0.25) is 0 Å². The molecule has 4 aromatic carbocycles. The number of hydrogen-bond donors (Lipinski definition) is 1. The van der Waals surface area contributed by atoms with Gasteiger partial charge < -0.3 is 19.3 Å². The van der Waals surface area contributed by atoms with Gasteiger partial charge in [-0.05, 0) is 88.9 Å². The van der Waals surface area contributed by atoms with Crippen LogP contribution < -0.4 is 9.47 Å². The highest BCUT2D eigenvalue weighted by Crippen LogP contribution is 2.32. The molecule has 0 unspecified atom stereocenters. The fourth-order valence-corrected chi connectivity index (χ4v) is 5.32. The fourth-order valence-electron chi connectivity index (χ4n) is 5.32. The van der Waals surface area contributed by atoms with Gasteiger partial charge in [-0.25, -0.2) is 4.79 Å². The second kappa shape index (κ2) is 17.8. The Bertz CT molecular complexity index is 1490. The van der Waals surface area contributed by atoms with Gasteiger partial charge in [0.2, 0.25) is 0 Å². The molecule has 236 valence electrons. The molecule has 5 heteroatoms. The van der Waals surface area contributed by atoms with Gasteiger partial charge in [0, 0.05) is 0 Å². The number of aryl methyl sites for hydroxylation is 3. The van der Waals surface area contributed by atoms with Crippen molar-refractivity contribution in [2.75, 3.05) is 26.9 Å². The van der Waals surface area contributed by atoms with Crippen LogP contribution in [0.1, 0.15) is 55.7 Å². The largest absolute Gasteiger partial charge is 0.497 e. The van der Waals surface area contributed by atoms with E-state index in [-0.39, 0.29) is 18.8 Å². The van der Waals surface area contributed by atoms with Crippen LogP contribution in [-0.4, -0.2) is 38.0 Å². The summed E-state index contributed by atoms with van der Waals surface area (Å²) in [7, 11) is 1.70. The lowest BCUT2D eigenvalue weighted by Crippen LogP contribution is -2.14. The molecule has 0 heterocycles. The molecule has 0 fully saturated rings. The Labute approximate surface area is 268 Å². The molecule has 0 saturated carbocycles. The zero-order valence-electron chi connectivity index (χ0n) is 26.7. The molecule has 0 bridgehead atoms. The van der Waals surface area contributed by atoms with Crippen molar-refractivity contribution in [3.05, 3.63) is 120 Å². The van der Waals surface area contributed by atoms with Crippen molar-refractivity contribution in [1.29, 1.82) is 0 Å². The molecule has 0 amide bonds. The standard InChI is InChI=1S/C40H46O5/c1-4-5-6-7-8-9-36-28-35(33-16-12-31(13-17-33)10-11-32-14-21-37(43-3)22-15-32)20-25-39(36)34-18-23-38(24-19-34)44-26-27-45-40(42)30(2)29-41/h12-25,28,41H,2,4-11,26-27,29H2,1,3H3. The maximum atomic E-state index is 11.6. The lowest BCUT2D eigenvalue weighted by Gasteiger charge is -2.14. The maximum absolute atomic E-state index is 11.6. The van der Waals surface area contributed by atoms with Gasteiger partial charge in [-0.2, -0.15) is 0 Å². The average Bonchev–Trinajstić information content (AvgIpc) is 3.09. The Morgan fingerprint density at radius 1 is 0.689 bits per heavy atom. The highest BCUT2D eigenvalue weighted by Gasteiger charge is 2.10. The minimum absolute atomic E-state index is 0.0318. The smallest absolute Gasteiger partial charge is 0.335 e. The number of ether oxygens (including phenoxy) is 3. The normalized spacial score (nSPS) is 10.8. The van der Waals surface area contributed by atoms with Crippen LogP contribution in [0, 0.1) is 0 Å². The molecule has 0 saturated heterocycles. The molecule has 0 aliphatic carbocycles. The predicted molar refractivity (Wildman–Crippen MR) is 183 cm³/mol. The summed E-state index contributed by atoms with van der Waals surface area (Å²) in [4.78, 5) is 11.6. The van der Waals surface area contributed by atoms with E-state index in [9.17, 15) is 4.79 Å². The summed E-state index contributed by atoms with van der Waals surface area (Å²) >= 11 is 0. The zero-order valence-corrected chi connectivity index (χ0v) is 26.7. The molecule has 4 rings (SSSR count). The molecule has 0 spiro atoms. The van der Waals surface area contributed by atoms with Crippen molar-refractivity contribution in [2.45, 2.75) is 58.3 Å². The minimum atomic E-state index is -0.609. The van der Waals surface area contributed by atoms with E-state index in [1.807, 2.05) is 24.3 Å². The molecule has 45 heavy (non-hydrogen) atoms. The molecule has 0 aromatic heterocycles. The molecule has 0 aliphatic heterocycles. The summed E-state index contributed by atoms with van der Waals surface area (Å²) < 4.78 is 16.1. The van der Waals surface area contributed by atoms with Gasteiger partial charge in [-0.1, -0.05) is 106 Å². The lowest BCUT2D eigenvalue weighted by atomic mass is 9.91. The summed E-state index contributed by atoms with van der Waals surface area (Å²) in [6.45, 7) is 5.61. The summed E-state index contributed by atoms with van der Waals surface area (Å²) in [6, 6.07) is 32.2. The van der Waals surface area contributed by atoms with Crippen LogP contribution in [-0.2, 0) is 28.8 Å². The van der Waals surface area contributed by atoms with Crippen LogP contribution in [0.4, 0.5) is 0 Å². The second-order valence-electron chi connectivity index (χ2n) is 11.4. The highest BCUT2D eigenvalue weighted by molar-refractivity contribution is 5.87. The second-order valence-corrected chi connectivity index (χ2v) is 11.4. The van der Waals surface area contributed by atoms with Crippen molar-refractivity contribution in [1.82, 2.24) is 0 Å². The number of aliphatic hydroxyl groups is 1. The first-order valence-corrected chi connectivity index (χ1v) is 16.0. The van der Waals surface area contributed by atoms with Gasteiger partial charge >= 0.3 is 5.97 Å². The van der Waals surface area contributed by atoms with Crippen LogP contribution in [0.2, 0.25) is 0 Å². The number of carbonyl (C=O) groups is 1. The lowest BCUT2D eigenvalue weighted by molar-refractivity contribution is -0.140. The van der Waals surface area contributed by atoms with Gasteiger partial charge in [0.05, 0.1) is 19.3 Å². The van der Waals surface area contributed by atoms with Gasteiger partial charge in [0.1, 0.15) is 24.7 Å². The van der Waals surface area contributed by atoms with E-state index in [4.69, 9.17) is 19.3 Å². The third-order valence-corrected chi connectivity index (χ3v) is 8.03. The van der Waals surface area contributed by atoms with Crippen LogP contribution >= 0.6 is 0 Å². The highest BCUT2D eigenvalue weighted by atomic mass is 16.6. The van der Waals surface area contributed by atoms with Crippen molar-refractivity contribution < 1.29 is 24.1 Å². The summed E-state index contributed by atoms with van der Waals surface area (Å²) in [6.07, 6.45) is 9.25. The zero-order chi connectivity index (χ0) is 31.9. The third-order valence-electron chi connectivity index (χ3n) is 8.03. The molecule has 0 radical (unpaired) electrons. The average molecular weight is 607 g/mol. The number of methoxy groups -OCH3 is 1. The molecule has 0 atom stereocenters. The van der Waals surface area contributed by atoms with E-state index in [1.165, 1.54) is 65.5 Å². The van der Waals surface area contributed by atoms with Gasteiger partial charge in [0.15, 0.2) is 0 Å². The summed E-state index contributed by atoms with van der Waals surface area (Å²) in [5.41, 5.74) is 8.90. The van der Waals surface area contributed by atoms with E-state index < -0.39 is 12.6 Å². The molecule has 1 N–H and O–H groups in total. The molecule has 4 aromatic rings. The van der Waals surface area contributed by atoms with Crippen LogP contribution in [0.5, 0.6) is 11.5 Å². The maximum Gasteiger partial charge on any atom is 0.335 e. The third kappa shape index (κ3) is 10.4. The van der Waals surface area contributed by atoms with E-state index in [2.05, 4.69) is 80.2 Å². The Balaban J connectivity index is 1.42. The Kier molecular flexibility index (Phi) is 13.3. The number of unbranched alkanes of at least 4 members (excludes halogenated alkanes) is 4. The van der Waals surface area contributed by atoms with E-state index in [1.54, 1.807) is 7.11 Å². The van der Waals surface area contributed by atoms with E-state index in [0.717, 1.165) is 30.6 Å². The first-order valence-electron chi connectivity index (χ1n) is 16.0. The predicted octanol–water partition coefficient (Wildman–Crippen LogP) is 8.80. The first-order chi connectivity index (χ1) is 22.0. The fraction of sp³-hybridized carbons (Fsp3) is 0.325. The van der Waals surface area contributed by atoms with Gasteiger partial charge in [-0.15, -0.1) is 0 Å². The Morgan fingerprint density at radius 3 is 1.93 bits per heavy atom. The number of benzene rings is 4. The van der Waals surface area contributed by atoms with Crippen molar-refractivity contribution >= 4 is 5.97 Å². The van der Waals surface area contributed by atoms with Crippen molar-refractivity contribution in [3.8, 4) is 33.8 Å². The molecular formula is C40H46O5. The quantitative estimate of drug-likeness (QED) is 0.0697. The molecule has 5 nitrogen and oxygen atoms in total. The monoisotopic (exact) mass is 606 g/mol. The van der Waals surface area contributed by atoms with Crippen LogP contribution in [0.25, 0.3) is 22.3 Å². The first kappa shape index (κ1) is 33.5. The van der Waals surface area contributed by atoms with Crippen molar-refractivity contribution in [3.63, 3.8) is 0 Å². The minimum Gasteiger partial charge on any atom is -0.497 e. The Morgan fingerprint density at radius 2 is 1.29 bits per heavy atom. The Hall–Kier alpha value is -4.35. The summed E-state index contributed by atoms with van der Waals surface area (Å²) in [5.74, 6) is 0.989. The number of esters is 1. The van der Waals surface area contributed by atoms with Crippen LogP contribution in [0.15, 0.2) is 103 Å². The van der Waals surface area contributed by atoms with E-state index >= 15 is 0 Å².